The van der Waals surface area contributed by atoms with Crippen LogP contribution in [-0.2, 0) is 12.4 Å². The van der Waals surface area contributed by atoms with Gasteiger partial charge in [-0.3, -0.25) is 0 Å². The number of hydrogen-bond donors (Lipinski definition) is 0. The van der Waals surface area contributed by atoms with Crippen molar-refractivity contribution in [3.63, 3.8) is 0 Å². The van der Waals surface area contributed by atoms with Crippen LogP contribution in [0.3, 0.4) is 0 Å². The van der Waals surface area contributed by atoms with Gasteiger partial charge in [-0.1, -0.05) is 24.3 Å². The number of nitriles is 4. The van der Waals surface area contributed by atoms with Gasteiger partial charge in [0.05, 0.1) is 33.0 Å². The summed E-state index contributed by atoms with van der Waals surface area (Å²) in [7, 11) is 0. The molecule has 0 aliphatic heterocycles. The van der Waals surface area contributed by atoms with Crippen molar-refractivity contribution < 1.29 is 26.3 Å². The van der Waals surface area contributed by atoms with Crippen molar-refractivity contribution in [2.24, 2.45) is 9.98 Å². The van der Waals surface area contributed by atoms with E-state index in [1.54, 1.807) is 12.4 Å². The molecule has 5 rings (SSSR count). The van der Waals surface area contributed by atoms with E-state index in [-0.39, 0.29) is 65.6 Å². The van der Waals surface area contributed by atoms with Crippen LogP contribution in [0.15, 0.2) is 70.6 Å². The average Bonchev–Trinajstić information content (AvgIpc) is 3.42. The predicted molar refractivity (Wildman–Crippen MR) is 136 cm³/mol. The van der Waals surface area contributed by atoms with E-state index >= 15 is 0 Å². The van der Waals surface area contributed by atoms with Crippen LogP contribution in [-0.4, -0.2) is 0 Å². The highest BCUT2D eigenvalue weighted by atomic mass is 19.4. The quantitative estimate of drug-likeness (QED) is 0.173. The summed E-state index contributed by atoms with van der Waals surface area (Å²) in [6, 6.07) is 14.8. The zero-order valence-electron chi connectivity index (χ0n) is 20.7. The fraction of sp³-hybridized carbons (Fsp3) is 0.0667. The Morgan fingerprint density at radius 3 is 1.12 bits per heavy atom. The monoisotopic (exact) mass is 568 g/mol. The molecular weight excluding hydrogens is 558 g/mol. The molecule has 5 aromatic rings. The van der Waals surface area contributed by atoms with Crippen molar-refractivity contribution in [1.82, 2.24) is 0 Å². The molecule has 0 atom stereocenters. The lowest BCUT2D eigenvalue weighted by atomic mass is 10.0. The number of halogens is 6. The van der Waals surface area contributed by atoms with E-state index in [0.29, 0.717) is 0 Å². The molecule has 6 nitrogen and oxygen atoms in total. The van der Waals surface area contributed by atoms with Crippen LogP contribution >= 0.6 is 0 Å². The van der Waals surface area contributed by atoms with Crippen molar-refractivity contribution in [3.05, 3.63) is 93.6 Å². The van der Waals surface area contributed by atoms with Gasteiger partial charge in [-0.05, 0) is 47.5 Å². The largest absolute Gasteiger partial charge is 0.416 e. The highest BCUT2D eigenvalue weighted by Gasteiger charge is 2.31. The van der Waals surface area contributed by atoms with Crippen molar-refractivity contribution in [1.29, 1.82) is 21.0 Å². The minimum absolute atomic E-state index is 0.0237. The Labute approximate surface area is 231 Å². The van der Waals surface area contributed by atoms with Gasteiger partial charge in [0.1, 0.15) is 12.1 Å². The molecule has 0 aromatic heterocycles. The first-order chi connectivity index (χ1) is 19.9. The molecule has 0 radical (unpaired) electrons. The number of alkyl halides is 6. The molecule has 0 unspecified atom stereocenters. The molecule has 0 aliphatic rings. The van der Waals surface area contributed by atoms with Crippen molar-refractivity contribution in [2.75, 3.05) is 0 Å². The first kappa shape index (κ1) is 27.6. The third-order valence-corrected chi connectivity index (χ3v) is 6.73. The fourth-order valence-electron chi connectivity index (χ4n) is 4.96. The maximum atomic E-state index is 13.1. The fourth-order valence-corrected chi connectivity index (χ4v) is 4.96. The molecule has 0 fully saturated rings. The molecule has 12 heteroatoms. The Morgan fingerprint density at radius 2 is 0.833 bits per heavy atom. The van der Waals surface area contributed by atoms with E-state index in [0.717, 1.165) is 48.5 Å². The van der Waals surface area contributed by atoms with E-state index in [1.807, 2.05) is 12.1 Å². The summed E-state index contributed by atoms with van der Waals surface area (Å²) < 4.78 is 78.8. The Hall–Kier alpha value is -5.98. The number of rotatable bonds is 2. The summed E-state index contributed by atoms with van der Waals surface area (Å²) in [6.45, 7) is 0. The predicted octanol–water partition coefficient (Wildman–Crippen LogP) is 6.75. The molecule has 0 bridgehead atoms. The number of nitrogens with zero attached hydrogens (tertiary/aromatic N) is 6. The molecule has 202 valence electrons. The summed E-state index contributed by atoms with van der Waals surface area (Å²) in [5.74, 6) is 0. The maximum absolute atomic E-state index is 13.1. The summed E-state index contributed by atoms with van der Waals surface area (Å²) in [6.07, 6.45) is -5.94. The minimum atomic E-state index is -4.60. The highest BCUT2D eigenvalue weighted by molar-refractivity contribution is 6.10. The minimum Gasteiger partial charge on any atom is -0.192 e. The van der Waals surface area contributed by atoms with Gasteiger partial charge in [0.2, 0.25) is 12.4 Å². The van der Waals surface area contributed by atoms with Crippen LogP contribution in [0.1, 0.15) is 22.3 Å². The van der Waals surface area contributed by atoms with Gasteiger partial charge in [-0.2, -0.15) is 57.4 Å². The van der Waals surface area contributed by atoms with Gasteiger partial charge in [0.15, 0.2) is 0 Å². The van der Waals surface area contributed by atoms with E-state index in [1.165, 1.54) is 12.1 Å². The third kappa shape index (κ3) is 4.38. The molecule has 0 spiro atoms. The van der Waals surface area contributed by atoms with Gasteiger partial charge < -0.3 is 0 Å². The van der Waals surface area contributed by atoms with Crippen LogP contribution in [0.25, 0.3) is 43.8 Å². The smallest absolute Gasteiger partial charge is 0.192 e. The maximum Gasteiger partial charge on any atom is 0.416 e. The second-order valence-corrected chi connectivity index (χ2v) is 8.94. The van der Waals surface area contributed by atoms with Crippen LogP contribution in [0.5, 0.6) is 0 Å². The zero-order valence-corrected chi connectivity index (χ0v) is 20.7. The number of fused-ring (bicyclic) bond motifs is 2. The lowest BCUT2D eigenvalue weighted by molar-refractivity contribution is -0.138. The van der Waals surface area contributed by atoms with E-state index in [4.69, 9.17) is 0 Å². The van der Waals surface area contributed by atoms with Crippen LogP contribution < -0.4 is 10.7 Å². The second-order valence-electron chi connectivity index (χ2n) is 8.94. The molecular formula is C30H10F6N6. The SMILES string of the molecule is N#C/N=c1/c(-c2ccc(C(F)(F)F)cc2)c(C#N)c2cc3c(C#N)c(-c4ccc(C(F)(F)F)cc4)/c(=N/C#N)c3cc12. The Kier molecular flexibility index (Phi) is 6.49. The Balaban J connectivity index is 1.88. The molecule has 0 N–H and O–H groups in total. The van der Waals surface area contributed by atoms with E-state index < -0.39 is 23.5 Å². The normalized spacial score (nSPS) is 12.7. The molecule has 0 heterocycles. The van der Waals surface area contributed by atoms with E-state index in [2.05, 4.69) is 9.98 Å². The van der Waals surface area contributed by atoms with Gasteiger partial charge in [0, 0.05) is 32.7 Å². The molecule has 5 aromatic carbocycles. The highest BCUT2D eigenvalue weighted by Crippen LogP contribution is 2.37. The van der Waals surface area contributed by atoms with Gasteiger partial charge in [-0.15, -0.1) is 0 Å². The first-order valence-electron chi connectivity index (χ1n) is 11.7. The molecule has 0 saturated heterocycles. The van der Waals surface area contributed by atoms with Gasteiger partial charge >= 0.3 is 12.4 Å². The Morgan fingerprint density at radius 1 is 0.500 bits per heavy atom. The molecule has 0 amide bonds. The first-order valence-corrected chi connectivity index (χ1v) is 11.7. The summed E-state index contributed by atoms with van der Waals surface area (Å²) in [5, 5.41) is 39.8. The van der Waals surface area contributed by atoms with Crippen molar-refractivity contribution in [3.8, 4) is 46.8 Å². The van der Waals surface area contributed by atoms with Crippen LogP contribution in [0.4, 0.5) is 26.3 Å². The molecule has 0 saturated carbocycles. The van der Waals surface area contributed by atoms with Crippen LogP contribution in [0, 0.1) is 45.6 Å². The molecule has 0 aliphatic carbocycles. The van der Waals surface area contributed by atoms with Gasteiger partial charge in [0.25, 0.3) is 0 Å². The summed E-state index contributed by atoms with van der Waals surface area (Å²) in [4.78, 5) is 7.68. The van der Waals surface area contributed by atoms with Gasteiger partial charge in [-0.25, -0.2) is 0 Å². The second kappa shape index (κ2) is 9.89. The lowest BCUT2D eigenvalue weighted by Gasteiger charge is -2.07. The molecule has 42 heavy (non-hydrogen) atoms. The lowest BCUT2D eigenvalue weighted by Crippen LogP contribution is -2.06. The number of benzene rings is 3. The summed E-state index contributed by atoms with van der Waals surface area (Å²) in [5.41, 5.74) is -1.35. The number of hydrogen-bond acceptors (Lipinski definition) is 6. The summed E-state index contributed by atoms with van der Waals surface area (Å²) >= 11 is 0. The third-order valence-electron chi connectivity index (χ3n) is 6.73. The van der Waals surface area contributed by atoms with Crippen LogP contribution in [0.2, 0.25) is 0 Å². The standard InChI is InChI=1S/C30H10F6N6/c31-29(32,33)17-5-1-15(2-6-17)25-23(11-37)19-9-20-22(10-21(19)27(25)41-13-39)28(42-14-40)26(24(20)12-38)16-3-7-18(8-4-16)30(34,35)36/h1-10H/b41-27+,42-28+. The van der Waals surface area contributed by atoms with Crippen molar-refractivity contribution in [2.45, 2.75) is 12.4 Å². The topological polar surface area (TPSA) is 120 Å². The van der Waals surface area contributed by atoms with Crippen molar-refractivity contribution >= 4 is 21.5 Å². The van der Waals surface area contributed by atoms with E-state index in [9.17, 15) is 47.4 Å². The Bertz CT molecular complexity index is 2030. The average molecular weight is 568 g/mol. The zero-order chi connectivity index (χ0) is 30.4.